The molecular weight excluding hydrogens is 256 g/mol. The molecule has 0 saturated heterocycles. The molecule has 0 saturated carbocycles. The van der Waals surface area contributed by atoms with Gasteiger partial charge in [0.1, 0.15) is 11.2 Å². The third-order valence-electron chi connectivity index (χ3n) is 3.28. The van der Waals surface area contributed by atoms with Gasteiger partial charge in [0.2, 0.25) is 0 Å². The van der Waals surface area contributed by atoms with Crippen LogP contribution in [0.5, 0.6) is 0 Å². The summed E-state index contributed by atoms with van der Waals surface area (Å²) in [6, 6.07) is 10.2. The normalized spacial score (nSPS) is 17.4. The lowest BCUT2D eigenvalue weighted by molar-refractivity contribution is 0.906. The fourth-order valence-corrected chi connectivity index (χ4v) is 3.48. The molecule has 1 atom stereocenters. The fourth-order valence-electron chi connectivity index (χ4n) is 2.23. The number of aromatic nitrogens is 1. The highest BCUT2D eigenvalue weighted by Crippen LogP contribution is 2.50. The molecule has 0 fully saturated rings. The number of hydrogen-bond acceptors (Lipinski definition) is 5. The van der Waals surface area contributed by atoms with Gasteiger partial charge in [-0.1, -0.05) is 17.8 Å². The van der Waals surface area contributed by atoms with Crippen molar-refractivity contribution in [3.05, 3.63) is 42.1 Å². The van der Waals surface area contributed by atoms with Crippen molar-refractivity contribution in [2.75, 3.05) is 30.0 Å². The number of nitrogens with two attached hydrogens (primary N) is 1. The predicted molar refractivity (Wildman–Crippen MR) is 81.6 cm³/mol. The van der Waals surface area contributed by atoms with E-state index in [-0.39, 0.29) is 5.37 Å². The molecule has 1 aromatic heterocycles. The Morgan fingerprint density at radius 3 is 2.84 bits per heavy atom. The van der Waals surface area contributed by atoms with E-state index >= 15 is 0 Å². The lowest BCUT2D eigenvalue weighted by atomic mass is 10.2. The molecule has 1 aliphatic rings. The minimum atomic E-state index is 0.259. The van der Waals surface area contributed by atoms with Crippen molar-refractivity contribution in [3.63, 3.8) is 0 Å². The van der Waals surface area contributed by atoms with Crippen molar-refractivity contribution in [1.82, 2.24) is 4.98 Å². The van der Waals surface area contributed by atoms with Crippen molar-refractivity contribution >= 4 is 29.0 Å². The Labute approximate surface area is 117 Å². The number of nitrogens with one attached hydrogen (secondary N) is 1. The summed E-state index contributed by atoms with van der Waals surface area (Å²) in [5.41, 5.74) is 9.04. The topological polar surface area (TPSA) is 54.2 Å². The second kappa shape index (κ2) is 4.66. The summed E-state index contributed by atoms with van der Waals surface area (Å²) in [6.45, 7) is 0. The van der Waals surface area contributed by atoms with Gasteiger partial charge >= 0.3 is 0 Å². The number of hydrogen-bond donors (Lipinski definition) is 2. The summed E-state index contributed by atoms with van der Waals surface area (Å²) in [5, 5.41) is 3.29. The van der Waals surface area contributed by atoms with Gasteiger partial charge in [-0.25, -0.2) is 4.98 Å². The Morgan fingerprint density at radius 1 is 1.32 bits per heavy atom. The molecule has 98 valence electrons. The standard InChI is InChI=1S/C14H16N4S/c1-16-13-6-3-9(8-17-13)14-18(2)11-7-10(15)4-5-12(11)19-14/h3-8,14H,15H2,1-2H3,(H,16,17). The SMILES string of the molecule is CNc1ccc(C2Sc3ccc(N)cc3N2C)cn1. The van der Waals surface area contributed by atoms with Gasteiger partial charge in [0.05, 0.1) is 5.69 Å². The van der Waals surface area contributed by atoms with Gasteiger partial charge in [-0.3, -0.25) is 0 Å². The second-order valence-electron chi connectivity index (χ2n) is 4.54. The Hall–Kier alpha value is -1.88. The average molecular weight is 272 g/mol. The lowest BCUT2D eigenvalue weighted by Crippen LogP contribution is -2.17. The maximum atomic E-state index is 5.86. The monoisotopic (exact) mass is 272 g/mol. The summed E-state index contributed by atoms with van der Waals surface area (Å²) in [7, 11) is 3.96. The van der Waals surface area contributed by atoms with Crippen molar-refractivity contribution in [3.8, 4) is 0 Å². The fraction of sp³-hybridized carbons (Fsp3) is 0.214. The first kappa shape index (κ1) is 12.2. The first-order chi connectivity index (χ1) is 9.19. The highest BCUT2D eigenvalue weighted by molar-refractivity contribution is 8.00. The minimum Gasteiger partial charge on any atom is -0.399 e. The van der Waals surface area contributed by atoms with Gasteiger partial charge in [-0.05, 0) is 24.3 Å². The van der Waals surface area contributed by atoms with E-state index in [9.17, 15) is 0 Å². The van der Waals surface area contributed by atoms with Crippen LogP contribution in [0.1, 0.15) is 10.9 Å². The summed E-state index contributed by atoms with van der Waals surface area (Å²) < 4.78 is 0. The molecule has 2 aromatic rings. The van der Waals surface area contributed by atoms with Gasteiger partial charge < -0.3 is 16.0 Å². The molecule has 0 bridgehead atoms. The van der Waals surface area contributed by atoms with Crippen LogP contribution in [0, 0.1) is 0 Å². The highest BCUT2D eigenvalue weighted by Gasteiger charge is 2.28. The first-order valence-electron chi connectivity index (χ1n) is 6.12. The van der Waals surface area contributed by atoms with Crippen LogP contribution in [0.25, 0.3) is 0 Å². The average Bonchev–Trinajstić information content (AvgIpc) is 2.76. The third-order valence-corrected chi connectivity index (χ3v) is 4.69. The van der Waals surface area contributed by atoms with Crippen molar-refractivity contribution in [1.29, 1.82) is 0 Å². The zero-order valence-electron chi connectivity index (χ0n) is 10.9. The summed E-state index contributed by atoms with van der Waals surface area (Å²) in [4.78, 5) is 7.89. The van der Waals surface area contributed by atoms with Gasteiger partial charge in [-0.2, -0.15) is 0 Å². The molecule has 0 amide bonds. The summed E-state index contributed by atoms with van der Waals surface area (Å²) in [5.74, 6) is 0.885. The summed E-state index contributed by atoms with van der Waals surface area (Å²) in [6.07, 6.45) is 1.93. The van der Waals surface area contributed by atoms with Crippen LogP contribution in [-0.4, -0.2) is 19.1 Å². The molecule has 0 aliphatic carbocycles. The Bertz CT molecular complexity index is 597. The van der Waals surface area contributed by atoms with E-state index < -0.39 is 0 Å². The van der Waals surface area contributed by atoms with Crippen LogP contribution < -0.4 is 16.0 Å². The van der Waals surface area contributed by atoms with Gasteiger partial charge in [0.15, 0.2) is 0 Å². The number of fused-ring (bicyclic) bond motifs is 1. The molecule has 5 heteroatoms. The van der Waals surface area contributed by atoms with E-state index in [4.69, 9.17) is 5.73 Å². The molecule has 0 spiro atoms. The first-order valence-corrected chi connectivity index (χ1v) is 7.00. The Kier molecular flexibility index (Phi) is 2.98. The molecule has 1 unspecified atom stereocenters. The van der Waals surface area contributed by atoms with E-state index in [0.29, 0.717) is 0 Å². The molecule has 19 heavy (non-hydrogen) atoms. The molecule has 1 aromatic carbocycles. The zero-order chi connectivity index (χ0) is 13.4. The quantitative estimate of drug-likeness (QED) is 0.823. The van der Waals surface area contributed by atoms with Gasteiger partial charge in [0.25, 0.3) is 0 Å². The van der Waals surface area contributed by atoms with E-state index in [0.717, 1.165) is 11.5 Å². The predicted octanol–water partition coefficient (Wildman–Crippen LogP) is 2.95. The molecule has 1 aliphatic heterocycles. The molecule has 0 radical (unpaired) electrons. The van der Waals surface area contributed by atoms with Crippen LogP contribution in [-0.2, 0) is 0 Å². The van der Waals surface area contributed by atoms with Crippen LogP contribution in [0.15, 0.2) is 41.4 Å². The smallest absolute Gasteiger partial charge is 0.125 e. The minimum absolute atomic E-state index is 0.259. The van der Waals surface area contributed by atoms with Crippen molar-refractivity contribution in [2.45, 2.75) is 10.3 Å². The van der Waals surface area contributed by atoms with Crippen LogP contribution in [0.3, 0.4) is 0 Å². The summed E-state index contributed by atoms with van der Waals surface area (Å²) >= 11 is 1.83. The van der Waals surface area contributed by atoms with E-state index in [1.807, 2.05) is 43.2 Å². The Morgan fingerprint density at radius 2 is 2.16 bits per heavy atom. The van der Waals surface area contributed by atoms with Crippen LogP contribution in [0.2, 0.25) is 0 Å². The molecule has 2 heterocycles. The molecular formula is C14H16N4S. The number of thioether (sulfide) groups is 1. The number of anilines is 3. The molecule has 4 nitrogen and oxygen atoms in total. The number of benzene rings is 1. The molecule has 3 N–H and O–H groups in total. The third kappa shape index (κ3) is 2.10. The number of nitrogen functional groups attached to an aromatic ring is 1. The van der Waals surface area contributed by atoms with E-state index in [2.05, 4.69) is 34.4 Å². The van der Waals surface area contributed by atoms with Crippen molar-refractivity contribution in [2.24, 2.45) is 0 Å². The Balaban J connectivity index is 1.92. The largest absolute Gasteiger partial charge is 0.399 e. The highest BCUT2D eigenvalue weighted by atomic mass is 32.2. The van der Waals surface area contributed by atoms with E-state index in [1.165, 1.54) is 16.1 Å². The van der Waals surface area contributed by atoms with Crippen LogP contribution >= 0.6 is 11.8 Å². The molecule has 3 rings (SSSR count). The van der Waals surface area contributed by atoms with Gasteiger partial charge in [0, 0.05) is 36.4 Å². The van der Waals surface area contributed by atoms with Gasteiger partial charge in [-0.15, -0.1) is 0 Å². The van der Waals surface area contributed by atoms with Crippen LogP contribution in [0.4, 0.5) is 17.2 Å². The lowest BCUT2D eigenvalue weighted by Gasteiger charge is -2.21. The van der Waals surface area contributed by atoms with E-state index in [1.54, 1.807) is 0 Å². The maximum Gasteiger partial charge on any atom is 0.125 e. The maximum absolute atomic E-state index is 5.86. The second-order valence-corrected chi connectivity index (χ2v) is 5.66. The van der Waals surface area contributed by atoms with Crippen molar-refractivity contribution < 1.29 is 0 Å². The number of pyridine rings is 1. The number of nitrogens with zero attached hydrogens (tertiary/aromatic N) is 2. The zero-order valence-corrected chi connectivity index (χ0v) is 11.7. The number of rotatable bonds is 2.